The van der Waals surface area contributed by atoms with Gasteiger partial charge in [0, 0.05) is 12.2 Å². The molecule has 3 nitrogen and oxygen atoms in total. The number of methoxy groups -OCH3 is 1. The third kappa shape index (κ3) is 4.06. The molecule has 0 aromatic heterocycles. The van der Waals surface area contributed by atoms with Crippen LogP contribution in [0.3, 0.4) is 0 Å². The predicted octanol–water partition coefficient (Wildman–Crippen LogP) is 4.93. The number of ether oxygens (including phenoxy) is 2. The Morgan fingerprint density at radius 2 is 1.91 bits per heavy atom. The Morgan fingerprint density at radius 1 is 1.14 bits per heavy atom. The van der Waals surface area contributed by atoms with E-state index in [1.54, 1.807) is 7.11 Å². The molecule has 0 spiro atoms. The average Bonchev–Trinajstić information content (AvgIpc) is 2.48. The standard InChI is InChI=1S/C18H22INO2/c1-5-22-18-15(19)9-14(10-17(18)21-4)11-20-16-7-6-12(2)8-13(16)3/h6-10,20H,5,11H2,1-4H3. The van der Waals surface area contributed by atoms with Gasteiger partial charge in [-0.05, 0) is 72.7 Å². The third-order valence-electron chi connectivity index (χ3n) is 3.44. The highest BCUT2D eigenvalue weighted by atomic mass is 127. The molecule has 0 saturated heterocycles. The summed E-state index contributed by atoms with van der Waals surface area (Å²) in [6, 6.07) is 10.6. The molecule has 4 heteroatoms. The molecule has 118 valence electrons. The molecule has 0 unspecified atom stereocenters. The number of hydrogen-bond donors (Lipinski definition) is 1. The zero-order valence-electron chi connectivity index (χ0n) is 13.5. The van der Waals surface area contributed by atoms with E-state index in [0.717, 1.165) is 27.3 Å². The second-order valence-electron chi connectivity index (χ2n) is 5.21. The predicted molar refractivity (Wildman–Crippen MR) is 100 cm³/mol. The fourth-order valence-electron chi connectivity index (χ4n) is 2.37. The van der Waals surface area contributed by atoms with Crippen LogP contribution in [-0.2, 0) is 6.54 Å². The van der Waals surface area contributed by atoms with E-state index in [1.807, 2.05) is 13.0 Å². The number of halogens is 1. The molecule has 0 aliphatic heterocycles. The number of aryl methyl sites for hydroxylation is 2. The fourth-order valence-corrected chi connectivity index (χ4v) is 3.19. The van der Waals surface area contributed by atoms with E-state index in [4.69, 9.17) is 9.47 Å². The number of rotatable bonds is 6. The lowest BCUT2D eigenvalue weighted by Gasteiger charge is -2.15. The fraction of sp³-hybridized carbons (Fsp3) is 0.333. The molecule has 0 bridgehead atoms. The summed E-state index contributed by atoms with van der Waals surface area (Å²) < 4.78 is 12.2. The largest absolute Gasteiger partial charge is 0.493 e. The molecule has 22 heavy (non-hydrogen) atoms. The first-order valence-electron chi connectivity index (χ1n) is 7.35. The molecule has 0 aliphatic carbocycles. The zero-order valence-corrected chi connectivity index (χ0v) is 15.7. The topological polar surface area (TPSA) is 30.5 Å². The molecule has 0 radical (unpaired) electrons. The van der Waals surface area contributed by atoms with Gasteiger partial charge in [0.15, 0.2) is 11.5 Å². The number of nitrogens with one attached hydrogen (secondary N) is 1. The van der Waals surface area contributed by atoms with Gasteiger partial charge in [-0.3, -0.25) is 0 Å². The van der Waals surface area contributed by atoms with E-state index in [9.17, 15) is 0 Å². The maximum atomic E-state index is 5.66. The monoisotopic (exact) mass is 411 g/mol. The molecule has 2 aromatic rings. The van der Waals surface area contributed by atoms with E-state index < -0.39 is 0 Å². The molecule has 2 rings (SSSR count). The lowest BCUT2D eigenvalue weighted by atomic mass is 10.1. The summed E-state index contributed by atoms with van der Waals surface area (Å²) in [5, 5.41) is 3.49. The van der Waals surface area contributed by atoms with Crippen molar-refractivity contribution < 1.29 is 9.47 Å². The lowest BCUT2D eigenvalue weighted by molar-refractivity contribution is 0.308. The van der Waals surface area contributed by atoms with Gasteiger partial charge in [-0.1, -0.05) is 17.7 Å². The quantitative estimate of drug-likeness (QED) is 0.684. The van der Waals surface area contributed by atoms with Gasteiger partial charge in [0.05, 0.1) is 17.3 Å². The highest BCUT2D eigenvalue weighted by Crippen LogP contribution is 2.34. The summed E-state index contributed by atoms with van der Waals surface area (Å²) in [4.78, 5) is 0. The minimum absolute atomic E-state index is 0.631. The molecular weight excluding hydrogens is 389 g/mol. The number of anilines is 1. The van der Waals surface area contributed by atoms with Gasteiger partial charge < -0.3 is 14.8 Å². The van der Waals surface area contributed by atoms with Crippen LogP contribution in [0, 0.1) is 17.4 Å². The smallest absolute Gasteiger partial charge is 0.174 e. The normalized spacial score (nSPS) is 10.4. The Bertz CT molecular complexity index is 656. The second-order valence-corrected chi connectivity index (χ2v) is 6.38. The molecule has 0 heterocycles. The highest BCUT2D eigenvalue weighted by molar-refractivity contribution is 14.1. The second kappa shape index (κ2) is 7.72. The van der Waals surface area contributed by atoms with Gasteiger partial charge >= 0.3 is 0 Å². The summed E-state index contributed by atoms with van der Waals surface area (Å²) in [5.74, 6) is 1.60. The molecule has 0 fully saturated rings. The van der Waals surface area contributed by atoms with Crippen molar-refractivity contribution in [2.24, 2.45) is 0 Å². The first-order chi connectivity index (χ1) is 10.5. The molecule has 2 aromatic carbocycles. The van der Waals surface area contributed by atoms with E-state index in [0.29, 0.717) is 6.61 Å². The van der Waals surface area contributed by atoms with Crippen molar-refractivity contribution in [3.63, 3.8) is 0 Å². The maximum Gasteiger partial charge on any atom is 0.174 e. The van der Waals surface area contributed by atoms with Crippen LogP contribution in [0.2, 0.25) is 0 Å². The SMILES string of the molecule is CCOc1c(I)cc(CNc2ccc(C)cc2C)cc1OC. The average molecular weight is 411 g/mol. The van der Waals surface area contributed by atoms with Crippen molar-refractivity contribution in [3.05, 3.63) is 50.6 Å². The van der Waals surface area contributed by atoms with E-state index >= 15 is 0 Å². The van der Waals surface area contributed by atoms with E-state index in [2.05, 4.69) is 66.0 Å². The Morgan fingerprint density at radius 3 is 2.55 bits per heavy atom. The van der Waals surface area contributed by atoms with Gasteiger partial charge in [0.1, 0.15) is 0 Å². The van der Waals surface area contributed by atoms with E-state index in [-0.39, 0.29) is 0 Å². The van der Waals surface area contributed by atoms with Crippen LogP contribution in [0.5, 0.6) is 11.5 Å². The van der Waals surface area contributed by atoms with Crippen molar-refractivity contribution >= 4 is 28.3 Å². The molecule has 0 amide bonds. The van der Waals surface area contributed by atoms with Crippen LogP contribution >= 0.6 is 22.6 Å². The zero-order chi connectivity index (χ0) is 16.1. The van der Waals surface area contributed by atoms with Gasteiger partial charge in [-0.2, -0.15) is 0 Å². The Labute approximate surface area is 146 Å². The minimum Gasteiger partial charge on any atom is -0.493 e. The van der Waals surface area contributed by atoms with Gasteiger partial charge in [-0.25, -0.2) is 0 Å². The lowest BCUT2D eigenvalue weighted by Crippen LogP contribution is -2.04. The van der Waals surface area contributed by atoms with Crippen LogP contribution in [0.4, 0.5) is 5.69 Å². The highest BCUT2D eigenvalue weighted by Gasteiger charge is 2.11. The molecule has 0 atom stereocenters. The van der Waals surface area contributed by atoms with Crippen LogP contribution in [0.25, 0.3) is 0 Å². The van der Waals surface area contributed by atoms with Crippen molar-refractivity contribution in [1.82, 2.24) is 0 Å². The first-order valence-corrected chi connectivity index (χ1v) is 8.43. The van der Waals surface area contributed by atoms with Crippen molar-refractivity contribution in [2.75, 3.05) is 19.0 Å². The van der Waals surface area contributed by atoms with Crippen LogP contribution < -0.4 is 14.8 Å². The van der Waals surface area contributed by atoms with Crippen LogP contribution in [0.1, 0.15) is 23.6 Å². The summed E-state index contributed by atoms with van der Waals surface area (Å²) in [5.41, 5.74) is 4.87. The molecular formula is C18H22INO2. The van der Waals surface area contributed by atoms with Gasteiger partial charge in [0.25, 0.3) is 0 Å². The minimum atomic E-state index is 0.631. The van der Waals surface area contributed by atoms with Crippen molar-refractivity contribution in [3.8, 4) is 11.5 Å². The number of hydrogen-bond acceptors (Lipinski definition) is 3. The summed E-state index contributed by atoms with van der Waals surface area (Å²) in [6.45, 7) is 7.59. The van der Waals surface area contributed by atoms with Crippen LogP contribution in [-0.4, -0.2) is 13.7 Å². The summed E-state index contributed by atoms with van der Waals surface area (Å²) in [6.07, 6.45) is 0. The molecule has 0 saturated carbocycles. The third-order valence-corrected chi connectivity index (χ3v) is 4.24. The van der Waals surface area contributed by atoms with Gasteiger partial charge in [0.2, 0.25) is 0 Å². The first kappa shape index (κ1) is 16.9. The summed E-state index contributed by atoms with van der Waals surface area (Å²) in [7, 11) is 1.68. The number of benzene rings is 2. The summed E-state index contributed by atoms with van der Waals surface area (Å²) >= 11 is 2.29. The Balaban J connectivity index is 2.17. The van der Waals surface area contributed by atoms with Crippen molar-refractivity contribution in [2.45, 2.75) is 27.3 Å². The van der Waals surface area contributed by atoms with Gasteiger partial charge in [-0.15, -0.1) is 0 Å². The van der Waals surface area contributed by atoms with E-state index in [1.165, 1.54) is 16.7 Å². The van der Waals surface area contributed by atoms with Crippen LogP contribution in [0.15, 0.2) is 30.3 Å². The van der Waals surface area contributed by atoms with Crippen molar-refractivity contribution in [1.29, 1.82) is 0 Å². The molecule has 0 aliphatic rings. The molecule has 1 N–H and O–H groups in total. The Hall–Kier alpha value is -1.43. The maximum absolute atomic E-state index is 5.66. The Kier molecular flexibility index (Phi) is 5.94.